The van der Waals surface area contributed by atoms with Gasteiger partial charge in [-0.15, -0.1) is 0 Å². The highest BCUT2D eigenvalue weighted by Gasteiger charge is 2.33. The molecule has 0 aromatic heterocycles. The summed E-state index contributed by atoms with van der Waals surface area (Å²) in [6, 6.07) is 1.50. The van der Waals surface area contributed by atoms with E-state index in [4.69, 9.17) is 0 Å². The first-order chi connectivity index (χ1) is 6.79. The van der Waals surface area contributed by atoms with Gasteiger partial charge in [-0.2, -0.15) is 0 Å². The standard InChI is InChI=1S/C12H24N2/c1-3-9(2)14-12-5-4-10-7-13-8-11(10)6-12/h9-14H,3-8H2,1-2H3/t9?,10-,11+,12?/m0/s1. The molecule has 82 valence electrons. The predicted octanol–water partition coefficient (Wildman–Crippen LogP) is 1.76. The molecule has 0 amide bonds. The Morgan fingerprint density at radius 3 is 2.86 bits per heavy atom. The summed E-state index contributed by atoms with van der Waals surface area (Å²) < 4.78 is 0. The average molecular weight is 196 g/mol. The zero-order chi connectivity index (χ0) is 9.97. The van der Waals surface area contributed by atoms with Crippen molar-refractivity contribution in [3.63, 3.8) is 0 Å². The van der Waals surface area contributed by atoms with E-state index in [1.165, 1.54) is 38.8 Å². The number of fused-ring (bicyclic) bond motifs is 1. The summed E-state index contributed by atoms with van der Waals surface area (Å²) in [5.41, 5.74) is 0. The summed E-state index contributed by atoms with van der Waals surface area (Å²) in [6.07, 6.45) is 5.49. The van der Waals surface area contributed by atoms with Crippen LogP contribution < -0.4 is 10.6 Å². The number of hydrogen-bond acceptors (Lipinski definition) is 2. The van der Waals surface area contributed by atoms with Crippen LogP contribution in [0.15, 0.2) is 0 Å². The molecular weight excluding hydrogens is 172 g/mol. The Morgan fingerprint density at radius 1 is 1.29 bits per heavy atom. The van der Waals surface area contributed by atoms with Crippen molar-refractivity contribution in [3.05, 3.63) is 0 Å². The van der Waals surface area contributed by atoms with Gasteiger partial charge in [-0.1, -0.05) is 6.92 Å². The smallest absolute Gasteiger partial charge is 0.00728 e. The predicted molar refractivity (Wildman–Crippen MR) is 60.4 cm³/mol. The summed E-state index contributed by atoms with van der Waals surface area (Å²) >= 11 is 0. The van der Waals surface area contributed by atoms with Gasteiger partial charge in [0.2, 0.25) is 0 Å². The number of rotatable bonds is 3. The van der Waals surface area contributed by atoms with Gasteiger partial charge in [0, 0.05) is 12.1 Å². The van der Waals surface area contributed by atoms with Crippen molar-refractivity contribution in [2.75, 3.05) is 13.1 Å². The molecule has 0 spiro atoms. The minimum atomic E-state index is 0.700. The van der Waals surface area contributed by atoms with Crippen LogP contribution in [0.5, 0.6) is 0 Å². The van der Waals surface area contributed by atoms with Crippen molar-refractivity contribution >= 4 is 0 Å². The van der Waals surface area contributed by atoms with Crippen molar-refractivity contribution in [1.82, 2.24) is 10.6 Å². The van der Waals surface area contributed by atoms with Crippen LogP contribution in [0.4, 0.5) is 0 Å². The molecule has 1 saturated carbocycles. The summed E-state index contributed by atoms with van der Waals surface area (Å²) in [4.78, 5) is 0. The van der Waals surface area contributed by atoms with Gasteiger partial charge >= 0.3 is 0 Å². The van der Waals surface area contributed by atoms with Gasteiger partial charge in [0.15, 0.2) is 0 Å². The first-order valence-electron chi connectivity index (χ1n) is 6.26. The molecule has 2 aliphatic rings. The molecule has 2 rings (SSSR count). The molecule has 4 atom stereocenters. The molecule has 0 bridgehead atoms. The number of hydrogen-bond donors (Lipinski definition) is 2. The lowest BCUT2D eigenvalue weighted by Crippen LogP contribution is -2.41. The van der Waals surface area contributed by atoms with E-state index >= 15 is 0 Å². The van der Waals surface area contributed by atoms with Gasteiger partial charge in [0.1, 0.15) is 0 Å². The van der Waals surface area contributed by atoms with Crippen molar-refractivity contribution in [2.45, 2.75) is 51.6 Å². The Hall–Kier alpha value is -0.0800. The third-order valence-electron chi connectivity index (χ3n) is 4.09. The zero-order valence-electron chi connectivity index (χ0n) is 9.55. The van der Waals surface area contributed by atoms with Crippen LogP contribution in [-0.2, 0) is 0 Å². The fourth-order valence-electron chi connectivity index (χ4n) is 2.97. The summed E-state index contributed by atoms with van der Waals surface area (Å²) in [7, 11) is 0. The minimum Gasteiger partial charge on any atom is -0.316 e. The summed E-state index contributed by atoms with van der Waals surface area (Å²) in [5.74, 6) is 1.95. The summed E-state index contributed by atoms with van der Waals surface area (Å²) in [6.45, 7) is 7.11. The molecule has 2 unspecified atom stereocenters. The first-order valence-corrected chi connectivity index (χ1v) is 6.26. The average Bonchev–Trinajstić information content (AvgIpc) is 2.64. The zero-order valence-corrected chi connectivity index (χ0v) is 9.55. The molecule has 14 heavy (non-hydrogen) atoms. The molecule has 0 aromatic rings. The Labute approximate surface area is 87.8 Å². The molecule has 1 saturated heterocycles. The highest BCUT2D eigenvalue weighted by molar-refractivity contribution is 4.90. The van der Waals surface area contributed by atoms with Crippen LogP contribution in [0.25, 0.3) is 0 Å². The van der Waals surface area contributed by atoms with Crippen LogP contribution in [0.1, 0.15) is 39.5 Å². The van der Waals surface area contributed by atoms with Crippen LogP contribution >= 0.6 is 0 Å². The van der Waals surface area contributed by atoms with Crippen molar-refractivity contribution < 1.29 is 0 Å². The maximum Gasteiger partial charge on any atom is 0.00728 e. The minimum absolute atomic E-state index is 0.700. The van der Waals surface area contributed by atoms with Crippen molar-refractivity contribution in [3.8, 4) is 0 Å². The van der Waals surface area contributed by atoms with Crippen molar-refractivity contribution in [2.24, 2.45) is 11.8 Å². The van der Waals surface area contributed by atoms with Crippen molar-refractivity contribution in [1.29, 1.82) is 0 Å². The quantitative estimate of drug-likeness (QED) is 0.719. The molecule has 2 heteroatoms. The van der Waals surface area contributed by atoms with E-state index in [0.29, 0.717) is 6.04 Å². The molecule has 1 heterocycles. The molecule has 2 fully saturated rings. The molecule has 2 N–H and O–H groups in total. The normalized spacial score (nSPS) is 39.4. The third-order valence-corrected chi connectivity index (χ3v) is 4.09. The molecule has 1 aliphatic carbocycles. The van der Waals surface area contributed by atoms with Gasteiger partial charge in [0.05, 0.1) is 0 Å². The first kappa shape index (κ1) is 10.4. The highest BCUT2D eigenvalue weighted by Crippen LogP contribution is 2.32. The second kappa shape index (κ2) is 4.63. The Kier molecular flexibility index (Phi) is 3.45. The lowest BCUT2D eigenvalue weighted by atomic mass is 9.79. The van der Waals surface area contributed by atoms with E-state index in [-0.39, 0.29) is 0 Å². The van der Waals surface area contributed by atoms with E-state index in [2.05, 4.69) is 24.5 Å². The Morgan fingerprint density at radius 2 is 2.07 bits per heavy atom. The molecule has 0 radical (unpaired) electrons. The fourth-order valence-corrected chi connectivity index (χ4v) is 2.97. The van der Waals surface area contributed by atoms with Gasteiger partial charge < -0.3 is 10.6 Å². The topological polar surface area (TPSA) is 24.1 Å². The largest absolute Gasteiger partial charge is 0.316 e. The Bertz CT molecular complexity index is 181. The second-order valence-corrected chi connectivity index (χ2v) is 5.16. The second-order valence-electron chi connectivity index (χ2n) is 5.16. The summed E-state index contributed by atoms with van der Waals surface area (Å²) in [5, 5.41) is 7.28. The van der Waals surface area contributed by atoms with E-state index in [0.717, 1.165) is 17.9 Å². The van der Waals surface area contributed by atoms with Gasteiger partial charge in [-0.05, 0) is 57.5 Å². The van der Waals surface area contributed by atoms with E-state index < -0.39 is 0 Å². The monoisotopic (exact) mass is 196 g/mol. The van der Waals surface area contributed by atoms with E-state index in [9.17, 15) is 0 Å². The maximum atomic E-state index is 3.75. The lowest BCUT2D eigenvalue weighted by Gasteiger charge is -2.33. The van der Waals surface area contributed by atoms with Gasteiger partial charge in [0.25, 0.3) is 0 Å². The van der Waals surface area contributed by atoms with Gasteiger partial charge in [-0.3, -0.25) is 0 Å². The molecule has 1 aliphatic heterocycles. The SMILES string of the molecule is CCC(C)NC1CC[C@H]2CNC[C@H]2C1. The van der Waals surface area contributed by atoms with Gasteiger partial charge in [-0.25, -0.2) is 0 Å². The van der Waals surface area contributed by atoms with Crippen LogP contribution in [0.3, 0.4) is 0 Å². The Balaban J connectivity index is 1.79. The molecular formula is C12H24N2. The molecule has 0 aromatic carbocycles. The lowest BCUT2D eigenvalue weighted by molar-refractivity contribution is 0.231. The van der Waals surface area contributed by atoms with Crippen LogP contribution in [0, 0.1) is 11.8 Å². The van der Waals surface area contributed by atoms with Crippen LogP contribution in [0.2, 0.25) is 0 Å². The van der Waals surface area contributed by atoms with E-state index in [1.807, 2.05) is 0 Å². The highest BCUT2D eigenvalue weighted by atomic mass is 15.0. The van der Waals surface area contributed by atoms with E-state index in [1.54, 1.807) is 0 Å². The number of nitrogens with one attached hydrogen (secondary N) is 2. The molecule has 2 nitrogen and oxygen atoms in total. The fraction of sp³-hybridized carbons (Fsp3) is 1.00. The van der Waals surface area contributed by atoms with Crippen LogP contribution in [-0.4, -0.2) is 25.2 Å². The maximum absolute atomic E-state index is 3.75. The third kappa shape index (κ3) is 2.29.